The maximum Gasteiger partial charge on any atom is 0.0224 e. The molecular formula is C16H24N2. The average molecular weight is 244 g/mol. The number of nitrogens with zero attached hydrogens (tertiary/aromatic N) is 1. The Labute approximate surface area is 110 Å². The van der Waals surface area contributed by atoms with Crippen molar-refractivity contribution in [2.45, 2.75) is 32.2 Å². The van der Waals surface area contributed by atoms with Gasteiger partial charge in [-0.2, -0.15) is 0 Å². The molecule has 3 fully saturated rings. The van der Waals surface area contributed by atoms with Gasteiger partial charge in [0.1, 0.15) is 0 Å². The van der Waals surface area contributed by atoms with E-state index in [2.05, 4.69) is 41.4 Å². The molecule has 0 radical (unpaired) electrons. The van der Waals surface area contributed by atoms with Gasteiger partial charge < -0.3 is 10.2 Å². The van der Waals surface area contributed by atoms with Crippen LogP contribution < -0.4 is 5.32 Å². The van der Waals surface area contributed by atoms with Crippen LogP contribution in [0.25, 0.3) is 0 Å². The zero-order chi connectivity index (χ0) is 12.4. The van der Waals surface area contributed by atoms with Crippen LogP contribution in [0.2, 0.25) is 0 Å². The summed E-state index contributed by atoms with van der Waals surface area (Å²) >= 11 is 0. The van der Waals surface area contributed by atoms with Crippen LogP contribution in [0, 0.1) is 12.8 Å². The minimum Gasteiger partial charge on any atom is -0.312 e. The SMILES string of the molecule is Cc1ccc(CCN[C@@H]2CN3CCC2CC3)cc1. The predicted molar refractivity (Wildman–Crippen MR) is 75.8 cm³/mol. The highest BCUT2D eigenvalue weighted by molar-refractivity contribution is 5.21. The Morgan fingerprint density at radius 1 is 1.17 bits per heavy atom. The van der Waals surface area contributed by atoms with Gasteiger partial charge in [0, 0.05) is 12.6 Å². The van der Waals surface area contributed by atoms with Gasteiger partial charge in [-0.25, -0.2) is 0 Å². The van der Waals surface area contributed by atoms with Crippen LogP contribution in [0.1, 0.15) is 24.0 Å². The largest absolute Gasteiger partial charge is 0.312 e. The fraction of sp³-hybridized carbons (Fsp3) is 0.625. The molecule has 1 aromatic rings. The Bertz CT molecular complexity index is 377. The number of nitrogens with one attached hydrogen (secondary N) is 1. The number of hydrogen-bond donors (Lipinski definition) is 1. The second kappa shape index (κ2) is 5.41. The molecule has 0 unspecified atom stereocenters. The van der Waals surface area contributed by atoms with Crippen LogP contribution in [-0.4, -0.2) is 37.1 Å². The van der Waals surface area contributed by atoms with E-state index in [0.29, 0.717) is 0 Å². The number of aryl methyl sites for hydroxylation is 1. The van der Waals surface area contributed by atoms with Gasteiger partial charge >= 0.3 is 0 Å². The van der Waals surface area contributed by atoms with Crippen molar-refractivity contribution in [1.29, 1.82) is 0 Å². The average Bonchev–Trinajstić information content (AvgIpc) is 2.42. The predicted octanol–water partition coefficient (Wildman–Crippen LogP) is 2.22. The molecule has 2 heteroatoms. The van der Waals surface area contributed by atoms with Crippen molar-refractivity contribution in [3.63, 3.8) is 0 Å². The minimum absolute atomic E-state index is 0.748. The molecule has 3 aliphatic rings. The molecule has 98 valence electrons. The van der Waals surface area contributed by atoms with Crippen molar-refractivity contribution in [2.24, 2.45) is 5.92 Å². The fourth-order valence-corrected chi connectivity index (χ4v) is 3.35. The highest BCUT2D eigenvalue weighted by Gasteiger charge is 2.33. The molecule has 2 nitrogen and oxygen atoms in total. The van der Waals surface area contributed by atoms with Crippen LogP contribution in [0.5, 0.6) is 0 Å². The molecule has 0 aromatic heterocycles. The number of benzene rings is 1. The van der Waals surface area contributed by atoms with Crippen molar-refractivity contribution < 1.29 is 0 Å². The van der Waals surface area contributed by atoms with Crippen molar-refractivity contribution in [3.8, 4) is 0 Å². The van der Waals surface area contributed by atoms with E-state index in [1.54, 1.807) is 0 Å². The van der Waals surface area contributed by atoms with Crippen LogP contribution >= 0.6 is 0 Å². The molecule has 1 atom stereocenters. The van der Waals surface area contributed by atoms with E-state index in [1.807, 2.05) is 0 Å². The Morgan fingerprint density at radius 2 is 1.89 bits per heavy atom. The molecule has 3 aliphatic heterocycles. The molecule has 18 heavy (non-hydrogen) atoms. The quantitative estimate of drug-likeness (QED) is 0.873. The van der Waals surface area contributed by atoms with E-state index in [9.17, 15) is 0 Å². The first-order valence-electron chi connectivity index (χ1n) is 7.32. The molecule has 0 amide bonds. The van der Waals surface area contributed by atoms with Crippen molar-refractivity contribution in [3.05, 3.63) is 35.4 Å². The number of piperidine rings is 3. The van der Waals surface area contributed by atoms with E-state index in [0.717, 1.165) is 24.9 Å². The lowest BCUT2D eigenvalue weighted by Gasteiger charge is -2.45. The van der Waals surface area contributed by atoms with E-state index >= 15 is 0 Å². The normalized spacial score (nSPS) is 30.6. The summed E-state index contributed by atoms with van der Waals surface area (Å²) in [6.07, 6.45) is 3.97. The van der Waals surface area contributed by atoms with Gasteiger partial charge in [-0.1, -0.05) is 29.8 Å². The fourth-order valence-electron chi connectivity index (χ4n) is 3.35. The summed E-state index contributed by atoms with van der Waals surface area (Å²) in [6, 6.07) is 9.69. The lowest BCUT2D eigenvalue weighted by molar-refractivity contribution is 0.0731. The summed E-state index contributed by atoms with van der Waals surface area (Å²) in [5.74, 6) is 0.938. The van der Waals surface area contributed by atoms with Crippen molar-refractivity contribution >= 4 is 0 Å². The van der Waals surface area contributed by atoms with Crippen LogP contribution in [0.4, 0.5) is 0 Å². The third kappa shape index (κ3) is 2.76. The Morgan fingerprint density at radius 3 is 2.50 bits per heavy atom. The summed E-state index contributed by atoms with van der Waals surface area (Å²) in [5.41, 5.74) is 2.80. The molecule has 0 saturated carbocycles. The Balaban J connectivity index is 1.46. The maximum atomic E-state index is 3.77. The summed E-state index contributed by atoms with van der Waals surface area (Å²) < 4.78 is 0. The first-order chi connectivity index (χ1) is 8.81. The molecule has 1 N–H and O–H groups in total. The lowest BCUT2D eigenvalue weighted by atomic mass is 9.84. The Kier molecular flexibility index (Phi) is 3.67. The summed E-state index contributed by atoms with van der Waals surface area (Å²) in [7, 11) is 0. The van der Waals surface area contributed by atoms with Gasteiger partial charge in [-0.05, 0) is 57.3 Å². The monoisotopic (exact) mass is 244 g/mol. The molecule has 0 spiro atoms. The van der Waals surface area contributed by atoms with E-state index in [-0.39, 0.29) is 0 Å². The molecule has 4 rings (SSSR count). The first-order valence-corrected chi connectivity index (χ1v) is 7.32. The smallest absolute Gasteiger partial charge is 0.0224 e. The third-order valence-electron chi connectivity index (χ3n) is 4.60. The van der Waals surface area contributed by atoms with Crippen LogP contribution in [-0.2, 0) is 6.42 Å². The van der Waals surface area contributed by atoms with Gasteiger partial charge in [0.15, 0.2) is 0 Å². The number of hydrogen-bond acceptors (Lipinski definition) is 2. The molecule has 0 aliphatic carbocycles. The molecular weight excluding hydrogens is 220 g/mol. The molecule has 3 heterocycles. The topological polar surface area (TPSA) is 15.3 Å². The number of rotatable bonds is 4. The third-order valence-corrected chi connectivity index (χ3v) is 4.60. The summed E-state index contributed by atoms with van der Waals surface area (Å²) in [6.45, 7) is 7.22. The molecule has 3 saturated heterocycles. The van der Waals surface area contributed by atoms with E-state index in [4.69, 9.17) is 0 Å². The second-order valence-electron chi connectivity index (χ2n) is 5.93. The highest BCUT2D eigenvalue weighted by Crippen LogP contribution is 2.27. The number of fused-ring (bicyclic) bond motifs is 3. The van der Waals surface area contributed by atoms with Gasteiger partial charge in [-0.15, -0.1) is 0 Å². The van der Waals surface area contributed by atoms with Crippen LogP contribution in [0.3, 0.4) is 0 Å². The van der Waals surface area contributed by atoms with E-state index in [1.165, 1.54) is 43.6 Å². The summed E-state index contributed by atoms with van der Waals surface area (Å²) in [4.78, 5) is 2.61. The maximum absolute atomic E-state index is 3.77. The van der Waals surface area contributed by atoms with Gasteiger partial charge in [-0.3, -0.25) is 0 Å². The zero-order valence-corrected chi connectivity index (χ0v) is 11.4. The Hall–Kier alpha value is -0.860. The van der Waals surface area contributed by atoms with Crippen molar-refractivity contribution in [2.75, 3.05) is 26.2 Å². The summed E-state index contributed by atoms with van der Waals surface area (Å²) in [5, 5.41) is 3.77. The van der Waals surface area contributed by atoms with E-state index < -0.39 is 0 Å². The zero-order valence-electron chi connectivity index (χ0n) is 11.4. The standard InChI is InChI=1S/C16H24N2/c1-13-2-4-14(5-3-13)6-9-17-16-12-18-10-7-15(16)8-11-18/h2-5,15-17H,6-12H2,1H3/t16-/m1/s1. The van der Waals surface area contributed by atoms with Gasteiger partial charge in [0.2, 0.25) is 0 Å². The van der Waals surface area contributed by atoms with Gasteiger partial charge in [0.25, 0.3) is 0 Å². The van der Waals surface area contributed by atoms with Gasteiger partial charge in [0.05, 0.1) is 0 Å². The second-order valence-corrected chi connectivity index (χ2v) is 5.93. The highest BCUT2D eigenvalue weighted by atomic mass is 15.2. The lowest BCUT2D eigenvalue weighted by Crippen LogP contribution is -2.56. The van der Waals surface area contributed by atoms with Crippen LogP contribution in [0.15, 0.2) is 24.3 Å². The first kappa shape index (κ1) is 12.2. The molecule has 2 bridgehead atoms. The van der Waals surface area contributed by atoms with Crippen molar-refractivity contribution in [1.82, 2.24) is 10.2 Å². The molecule has 1 aromatic carbocycles. The minimum atomic E-state index is 0.748.